The predicted molar refractivity (Wildman–Crippen MR) is 132 cm³/mol. The summed E-state index contributed by atoms with van der Waals surface area (Å²) in [5.41, 5.74) is 0. The van der Waals surface area contributed by atoms with Crippen molar-refractivity contribution in [3.8, 4) is 0 Å². The summed E-state index contributed by atoms with van der Waals surface area (Å²) in [5.74, 6) is 1.77. The third-order valence-electron chi connectivity index (χ3n) is 5.41. The molecule has 4 nitrogen and oxygen atoms in total. The molecule has 1 aliphatic carbocycles. The van der Waals surface area contributed by atoms with E-state index >= 15 is 0 Å². The van der Waals surface area contributed by atoms with E-state index in [2.05, 4.69) is 28.9 Å². The summed E-state index contributed by atoms with van der Waals surface area (Å²) in [7, 11) is 5.82. The average molecular weight is 512 g/mol. The Balaban J connectivity index is 1.89. The van der Waals surface area contributed by atoms with E-state index in [1.165, 1.54) is 21.5 Å². The molecule has 1 aromatic heterocycles. The van der Waals surface area contributed by atoms with Crippen molar-refractivity contribution >= 4 is 58.5 Å². The number of aryl methyl sites for hydroxylation is 2. The van der Waals surface area contributed by atoms with E-state index in [9.17, 15) is 15.0 Å². The first-order chi connectivity index (χ1) is 14.3. The summed E-state index contributed by atoms with van der Waals surface area (Å²) < 4.78 is 1.12. The number of allylic oxidation sites excluding steroid dienone is 2. The fraction of sp³-hybridized carbons (Fsp3) is 0.545. The van der Waals surface area contributed by atoms with E-state index in [1.807, 2.05) is 24.3 Å². The molecule has 1 fully saturated rings. The molecule has 0 bridgehead atoms. The van der Waals surface area contributed by atoms with E-state index in [0.29, 0.717) is 25.0 Å². The summed E-state index contributed by atoms with van der Waals surface area (Å²) >= 11 is 6.62. The molecule has 1 unspecified atom stereocenters. The van der Waals surface area contributed by atoms with Crippen LogP contribution in [0.15, 0.2) is 34.8 Å². The van der Waals surface area contributed by atoms with Crippen molar-refractivity contribution in [3.05, 3.63) is 44.6 Å². The van der Waals surface area contributed by atoms with Gasteiger partial charge < -0.3 is 0 Å². The summed E-state index contributed by atoms with van der Waals surface area (Å²) in [5, 5.41) is 29.6. The van der Waals surface area contributed by atoms with Gasteiger partial charge >= 0.3 is 197 Å². The number of hydrogen-bond acceptors (Lipinski definition) is 5. The van der Waals surface area contributed by atoms with Crippen molar-refractivity contribution in [1.29, 1.82) is 0 Å². The second kappa shape index (κ2) is 13.0. The number of carbonyl (C=O) groups is 1. The number of rotatable bonds is 12. The second-order valence-electron chi connectivity index (χ2n) is 7.62. The zero-order valence-electron chi connectivity index (χ0n) is 17.1. The van der Waals surface area contributed by atoms with E-state index < -0.39 is 18.2 Å². The molecule has 2 rings (SSSR count). The van der Waals surface area contributed by atoms with Crippen LogP contribution in [-0.4, -0.2) is 58.5 Å². The number of thiophene rings is 1. The number of thioether (sulfide) groups is 1. The number of aliphatic hydroxyl groups excluding tert-OH is 2. The van der Waals surface area contributed by atoms with Crippen LogP contribution in [0.3, 0.4) is 0 Å². The normalized spacial score (nSPS) is 25.3. The topological polar surface area (TPSA) is 77.8 Å². The maximum atomic E-state index is 10.5. The molecule has 0 saturated heterocycles. The fourth-order valence-corrected chi connectivity index (χ4v) is 5.99. The van der Waals surface area contributed by atoms with Crippen molar-refractivity contribution < 1.29 is 20.1 Å². The van der Waals surface area contributed by atoms with Crippen LogP contribution in [0.4, 0.5) is 0 Å². The Morgan fingerprint density at radius 2 is 2.23 bits per heavy atom. The standard InChI is InChI=1S/C22H29BBrO4S2/c1-14-20(24)11-17(30-14)7-5-16(25)6-8-18-15(12-23)10-21(26)19(18)4-2-3-9-29-13-22(27)28/h2-3,6,8,11-12,15-16,18-19,21,25-26H,4-5,7,9-10,13H2,1H3,(H,27,28)/b3-2-,8-6+/t15-,16-,18-,19+,21?/m0/s1. The Morgan fingerprint density at radius 3 is 2.87 bits per heavy atom. The van der Waals surface area contributed by atoms with Gasteiger partial charge in [-0.25, -0.2) is 0 Å². The minimum atomic E-state index is -0.813. The first-order valence-electron chi connectivity index (χ1n) is 10.1. The molecule has 30 heavy (non-hydrogen) atoms. The molecule has 163 valence electrons. The zero-order valence-corrected chi connectivity index (χ0v) is 20.3. The van der Waals surface area contributed by atoms with Gasteiger partial charge in [0, 0.05) is 0 Å². The molecule has 1 radical (unpaired) electrons. The number of carboxylic acids is 1. The molecular weight excluding hydrogens is 483 g/mol. The molecule has 0 spiro atoms. The summed E-state index contributed by atoms with van der Waals surface area (Å²) in [6, 6.07) is 2.11. The van der Waals surface area contributed by atoms with Gasteiger partial charge in [0.15, 0.2) is 0 Å². The first-order valence-corrected chi connectivity index (χ1v) is 12.9. The Bertz CT molecular complexity index is 745. The van der Waals surface area contributed by atoms with Crippen molar-refractivity contribution in [1.82, 2.24) is 0 Å². The second-order valence-corrected chi connectivity index (χ2v) is 10.8. The quantitative estimate of drug-likeness (QED) is 0.224. The molecule has 5 atom stereocenters. The van der Waals surface area contributed by atoms with Gasteiger partial charge in [-0.15, -0.1) is 0 Å². The van der Waals surface area contributed by atoms with E-state index in [4.69, 9.17) is 12.6 Å². The van der Waals surface area contributed by atoms with Crippen molar-refractivity contribution in [2.75, 3.05) is 11.5 Å². The Kier molecular flexibility index (Phi) is 11.1. The number of aliphatic carboxylic acids is 1. The van der Waals surface area contributed by atoms with Gasteiger partial charge in [-0.1, -0.05) is 0 Å². The van der Waals surface area contributed by atoms with E-state index in [0.717, 1.165) is 10.9 Å². The number of hydrogen-bond donors (Lipinski definition) is 3. The van der Waals surface area contributed by atoms with Crippen molar-refractivity contribution in [2.24, 2.45) is 17.8 Å². The van der Waals surface area contributed by atoms with Crippen LogP contribution >= 0.6 is 39.0 Å². The molecule has 0 amide bonds. The molecule has 3 N–H and O–H groups in total. The first kappa shape index (κ1) is 25.6. The number of aliphatic hydroxyl groups is 2. The molecular formula is C22H29BBrO4S2. The number of carboxylic acid groups (broad SMARTS) is 1. The fourth-order valence-electron chi connectivity index (χ4n) is 3.81. The van der Waals surface area contributed by atoms with Crippen LogP contribution in [0.2, 0.25) is 0 Å². The van der Waals surface area contributed by atoms with Crippen LogP contribution in [-0.2, 0) is 11.2 Å². The van der Waals surface area contributed by atoms with E-state index in [1.54, 1.807) is 17.3 Å². The molecule has 1 saturated carbocycles. The summed E-state index contributed by atoms with van der Waals surface area (Å²) in [6.07, 6.45) is 9.64. The van der Waals surface area contributed by atoms with Crippen molar-refractivity contribution in [3.63, 3.8) is 0 Å². The van der Waals surface area contributed by atoms with Crippen LogP contribution in [0, 0.1) is 24.7 Å². The van der Waals surface area contributed by atoms with Crippen LogP contribution in [0.5, 0.6) is 0 Å². The predicted octanol–water partition coefficient (Wildman–Crippen LogP) is 4.02. The van der Waals surface area contributed by atoms with Crippen molar-refractivity contribution in [2.45, 2.75) is 44.8 Å². The van der Waals surface area contributed by atoms with Gasteiger partial charge in [-0.2, -0.15) is 0 Å². The van der Waals surface area contributed by atoms with Gasteiger partial charge in [0.1, 0.15) is 0 Å². The summed E-state index contributed by atoms with van der Waals surface area (Å²) in [4.78, 5) is 13.0. The van der Waals surface area contributed by atoms with Crippen LogP contribution < -0.4 is 0 Å². The van der Waals surface area contributed by atoms with Gasteiger partial charge in [-0.3, -0.25) is 0 Å². The molecule has 1 aliphatic rings. The minimum absolute atomic E-state index is 0.0369. The summed E-state index contributed by atoms with van der Waals surface area (Å²) in [6.45, 7) is 2.07. The Hall–Kier alpha value is -0.665. The van der Waals surface area contributed by atoms with Crippen LogP contribution in [0.1, 0.15) is 29.0 Å². The average Bonchev–Trinajstić information content (AvgIpc) is 3.19. The molecule has 1 heterocycles. The molecule has 0 aromatic carbocycles. The molecule has 8 heteroatoms. The van der Waals surface area contributed by atoms with Gasteiger partial charge in [0.05, 0.1) is 0 Å². The molecule has 0 aliphatic heterocycles. The van der Waals surface area contributed by atoms with Crippen LogP contribution in [0.25, 0.3) is 0 Å². The van der Waals surface area contributed by atoms with Gasteiger partial charge in [-0.05, 0) is 0 Å². The van der Waals surface area contributed by atoms with Gasteiger partial charge in [0.25, 0.3) is 0 Å². The molecule has 1 aromatic rings. The Morgan fingerprint density at radius 1 is 1.47 bits per heavy atom. The maximum absolute atomic E-state index is 10.5. The third kappa shape index (κ3) is 8.11. The van der Waals surface area contributed by atoms with E-state index in [-0.39, 0.29) is 23.5 Å². The monoisotopic (exact) mass is 511 g/mol. The zero-order chi connectivity index (χ0) is 22.1. The Labute approximate surface area is 196 Å². The third-order valence-corrected chi connectivity index (χ3v) is 8.48. The SMILES string of the molecule is [B]=C[C@@H]1CC(O)[C@H](C/C=C\CSCC(=O)O)[C@H]1/C=C/[C@@H](O)CCc1cc(Br)c(C)s1. The number of halogens is 1. The van der Waals surface area contributed by atoms with Gasteiger partial charge in [0.2, 0.25) is 0 Å².